The molecule has 1 N–H and O–H groups in total. The number of fused-ring (bicyclic) bond motifs is 2. The van der Waals surface area contributed by atoms with Gasteiger partial charge < -0.3 is 5.32 Å². The highest BCUT2D eigenvalue weighted by molar-refractivity contribution is 5.88. The van der Waals surface area contributed by atoms with Gasteiger partial charge in [-0.1, -0.05) is 24.3 Å². The number of anilines is 1. The van der Waals surface area contributed by atoms with Crippen LogP contribution in [-0.2, 0) is 13.6 Å². The normalized spacial score (nSPS) is 18.4. The second kappa shape index (κ2) is 5.10. The molecular weight excluding hydrogens is 274 g/mol. The number of rotatable bonds is 2. The van der Waals surface area contributed by atoms with Crippen LogP contribution in [0.3, 0.4) is 0 Å². The van der Waals surface area contributed by atoms with Crippen molar-refractivity contribution in [3.8, 4) is 0 Å². The molecule has 1 aliphatic heterocycles. The van der Waals surface area contributed by atoms with Crippen molar-refractivity contribution in [2.45, 2.75) is 12.6 Å². The van der Waals surface area contributed by atoms with Crippen molar-refractivity contribution in [1.82, 2.24) is 19.7 Å². The van der Waals surface area contributed by atoms with Gasteiger partial charge in [0.2, 0.25) is 0 Å². The fraction of sp³-hybridized carbons (Fsp3) is 0.294. The van der Waals surface area contributed by atoms with Crippen molar-refractivity contribution >= 4 is 16.7 Å². The van der Waals surface area contributed by atoms with Gasteiger partial charge in [0.25, 0.3) is 0 Å². The van der Waals surface area contributed by atoms with E-state index in [0.29, 0.717) is 0 Å². The van der Waals surface area contributed by atoms with Gasteiger partial charge in [0.1, 0.15) is 0 Å². The van der Waals surface area contributed by atoms with Gasteiger partial charge in [-0.2, -0.15) is 5.10 Å². The second-order valence-electron chi connectivity index (χ2n) is 5.96. The lowest BCUT2D eigenvalue weighted by Crippen LogP contribution is -2.33. The first kappa shape index (κ1) is 13.3. The number of nitrogens with zero attached hydrogens (tertiary/aromatic N) is 4. The summed E-state index contributed by atoms with van der Waals surface area (Å²) in [5.41, 5.74) is 4.77. The average molecular weight is 293 g/mol. The van der Waals surface area contributed by atoms with E-state index in [9.17, 15) is 0 Å². The Bertz CT molecular complexity index is 823. The van der Waals surface area contributed by atoms with Gasteiger partial charge in [-0.3, -0.25) is 9.58 Å². The standard InChI is InChI=1S/C17H19N5/c1-21-10-12-5-3-4-6-13(12)16(11-21)20-15-7-8-18-17-14(15)9-19-22(17)2/h3-9,16H,10-11H2,1-2H3,(H,18,20). The Morgan fingerprint density at radius 1 is 1.18 bits per heavy atom. The van der Waals surface area contributed by atoms with Crippen LogP contribution in [0.1, 0.15) is 17.2 Å². The lowest BCUT2D eigenvalue weighted by atomic mass is 9.95. The van der Waals surface area contributed by atoms with Crippen LogP contribution < -0.4 is 5.32 Å². The molecule has 112 valence electrons. The third-order valence-electron chi connectivity index (χ3n) is 4.33. The number of benzene rings is 1. The first-order chi connectivity index (χ1) is 10.7. The van der Waals surface area contributed by atoms with Crippen LogP contribution in [0.2, 0.25) is 0 Å². The summed E-state index contributed by atoms with van der Waals surface area (Å²) in [6.07, 6.45) is 3.72. The van der Waals surface area contributed by atoms with E-state index in [1.807, 2.05) is 25.5 Å². The van der Waals surface area contributed by atoms with Crippen molar-refractivity contribution in [2.24, 2.45) is 7.05 Å². The van der Waals surface area contributed by atoms with Crippen molar-refractivity contribution in [3.05, 3.63) is 53.9 Å². The molecule has 4 rings (SSSR count). The van der Waals surface area contributed by atoms with E-state index in [1.165, 1.54) is 11.1 Å². The zero-order valence-electron chi connectivity index (χ0n) is 12.8. The topological polar surface area (TPSA) is 46.0 Å². The summed E-state index contributed by atoms with van der Waals surface area (Å²) in [5, 5.41) is 9.07. The summed E-state index contributed by atoms with van der Waals surface area (Å²) in [7, 11) is 4.08. The van der Waals surface area contributed by atoms with E-state index >= 15 is 0 Å². The zero-order chi connectivity index (χ0) is 15.1. The second-order valence-corrected chi connectivity index (χ2v) is 5.96. The quantitative estimate of drug-likeness (QED) is 0.789. The predicted octanol–water partition coefficient (Wildman–Crippen LogP) is 2.57. The van der Waals surface area contributed by atoms with E-state index in [4.69, 9.17) is 0 Å². The number of aromatic nitrogens is 3. The maximum atomic E-state index is 4.40. The molecule has 1 aliphatic rings. The third-order valence-corrected chi connectivity index (χ3v) is 4.33. The number of pyridine rings is 1. The van der Waals surface area contributed by atoms with Crippen molar-refractivity contribution in [3.63, 3.8) is 0 Å². The molecule has 1 atom stereocenters. The lowest BCUT2D eigenvalue weighted by Gasteiger charge is -2.33. The monoisotopic (exact) mass is 293 g/mol. The molecule has 5 heteroatoms. The molecule has 0 bridgehead atoms. The molecule has 2 aromatic heterocycles. The van der Waals surface area contributed by atoms with E-state index < -0.39 is 0 Å². The fourth-order valence-electron chi connectivity index (χ4n) is 3.27. The van der Waals surface area contributed by atoms with E-state index in [1.54, 1.807) is 4.68 Å². The van der Waals surface area contributed by atoms with Gasteiger partial charge in [0.15, 0.2) is 5.65 Å². The Hall–Kier alpha value is -2.40. The SMILES string of the molecule is CN1Cc2ccccc2C(Nc2ccnc3c2cnn3C)C1. The maximum absolute atomic E-state index is 4.40. The predicted molar refractivity (Wildman–Crippen MR) is 87.6 cm³/mol. The highest BCUT2D eigenvalue weighted by atomic mass is 15.3. The van der Waals surface area contributed by atoms with E-state index in [0.717, 1.165) is 29.8 Å². The summed E-state index contributed by atoms with van der Waals surface area (Å²) in [5.74, 6) is 0. The molecule has 1 unspecified atom stereocenters. The van der Waals surface area contributed by atoms with Crippen LogP contribution in [0, 0.1) is 0 Å². The minimum absolute atomic E-state index is 0.278. The highest BCUT2D eigenvalue weighted by Gasteiger charge is 2.23. The minimum Gasteiger partial charge on any atom is -0.376 e. The first-order valence-electron chi connectivity index (χ1n) is 7.52. The molecule has 5 nitrogen and oxygen atoms in total. The van der Waals surface area contributed by atoms with E-state index in [-0.39, 0.29) is 6.04 Å². The summed E-state index contributed by atoms with van der Waals surface area (Å²) < 4.78 is 1.81. The molecule has 0 aliphatic carbocycles. The smallest absolute Gasteiger partial charge is 0.159 e. The number of hydrogen-bond acceptors (Lipinski definition) is 4. The van der Waals surface area contributed by atoms with Crippen molar-refractivity contribution < 1.29 is 0 Å². The molecule has 0 fully saturated rings. The van der Waals surface area contributed by atoms with E-state index in [2.05, 4.69) is 51.6 Å². The van der Waals surface area contributed by atoms with Gasteiger partial charge in [-0.05, 0) is 24.2 Å². The molecule has 0 amide bonds. The molecule has 0 spiro atoms. The van der Waals surface area contributed by atoms with Gasteiger partial charge in [-0.25, -0.2) is 4.98 Å². The Kier molecular flexibility index (Phi) is 3.08. The zero-order valence-corrected chi connectivity index (χ0v) is 12.8. The molecule has 22 heavy (non-hydrogen) atoms. The van der Waals surface area contributed by atoms with Crippen molar-refractivity contribution in [1.29, 1.82) is 0 Å². The molecule has 0 saturated heterocycles. The third kappa shape index (κ3) is 2.14. The number of hydrogen-bond donors (Lipinski definition) is 1. The summed E-state index contributed by atoms with van der Waals surface area (Å²) in [4.78, 5) is 6.75. The summed E-state index contributed by atoms with van der Waals surface area (Å²) in [6.45, 7) is 1.99. The minimum atomic E-state index is 0.278. The van der Waals surface area contributed by atoms with Crippen LogP contribution in [0.5, 0.6) is 0 Å². The first-order valence-corrected chi connectivity index (χ1v) is 7.52. The van der Waals surface area contributed by atoms with Gasteiger partial charge in [0.05, 0.1) is 17.6 Å². The molecule has 0 radical (unpaired) electrons. The Labute approximate surface area is 129 Å². The Morgan fingerprint density at radius 2 is 2.05 bits per heavy atom. The number of nitrogens with one attached hydrogen (secondary N) is 1. The van der Waals surface area contributed by atoms with Crippen LogP contribution in [-0.4, -0.2) is 33.3 Å². The number of likely N-dealkylation sites (N-methyl/N-ethyl adjacent to an activating group) is 1. The largest absolute Gasteiger partial charge is 0.376 e. The van der Waals surface area contributed by atoms with Crippen LogP contribution in [0.25, 0.3) is 11.0 Å². The van der Waals surface area contributed by atoms with Crippen molar-refractivity contribution in [2.75, 3.05) is 18.9 Å². The highest BCUT2D eigenvalue weighted by Crippen LogP contribution is 2.31. The average Bonchev–Trinajstić information content (AvgIpc) is 2.90. The molecular formula is C17H19N5. The maximum Gasteiger partial charge on any atom is 0.159 e. The van der Waals surface area contributed by atoms with Gasteiger partial charge in [-0.15, -0.1) is 0 Å². The van der Waals surface area contributed by atoms with Gasteiger partial charge >= 0.3 is 0 Å². The Balaban J connectivity index is 1.74. The van der Waals surface area contributed by atoms with Crippen LogP contribution in [0.15, 0.2) is 42.7 Å². The molecule has 3 aromatic rings. The van der Waals surface area contributed by atoms with Crippen LogP contribution in [0.4, 0.5) is 5.69 Å². The number of aryl methyl sites for hydroxylation is 1. The van der Waals surface area contributed by atoms with Crippen LogP contribution >= 0.6 is 0 Å². The fourth-order valence-corrected chi connectivity index (χ4v) is 3.27. The lowest BCUT2D eigenvalue weighted by molar-refractivity contribution is 0.291. The Morgan fingerprint density at radius 3 is 2.95 bits per heavy atom. The molecule has 1 aromatic carbocycles. The summed E-state index contributed by atoms with van der Waals surface area (Å²) >= 11 is 0. The summed E-state index contributed by atoms with van der Waals surface area (Å²) in [6, 6.07) is 11.0. The molecule has 3 heterocycles. The molecule has 0 saturated carbocycles. The van der Waals surface area contributed by atoms with Gasteiger partial charge in [0, 0.05) is 32.0 Å².